The van der Waals surface area contributed by atoms with E-state index in [1.165, 1.54) is 0 Å². The Morgan fingerprint density at radius 3 is 2.38 bits per heavy atom. The molecule has 1 atom stereocenters. The van der Waals surface area contributed by atoms with Crippen LogP contribution in [0.3, 0.4) is 0 Å². The van der Waals surface area contributed by atoms with Gasteiger partial charge in [0.05, 0.1) is 11.1 Å². The van der Waals surface area contributed by atoms with Crippen molar-refractivity contribution in [2.45, 2.75) is 24.3 Å². The Bertz CT molecular complexity index is 876. The van der Waals surface area contributed by atoms with E-state index in [4.69, 9.17) is 0 Å². The summed E-state index contributed by atoms with van der Waals surface area (Å²) in [6, 6.07) is 10.1. The van der Waals surface area contributed by atoms with E-state index in [0.717, 1.165) is 16.7 Å². The summed E-state index contributed by atoms with van der Waals surface area (Å²) >= 11 is 0. The molecule has 0 aliphatic heterocycles. The molecule has 0 saturated heterocycles. The Hall–Kier alpha value is -2.51. The van der Waals surface area contributed by atoms with E-state index in [1.54, 1.807) is 49.1 Å². The highest BCUT2D eigenvalue weighted by Gasteiger charge is 2.20. The van der Waals surface area contributed by atoms with E-state index in [9.17, 15) is 8.42 Å². The van der Waals surface area contributed by atoms with Gasteiger partial charge in [0, 0.05) is 30.2 Å². The lowest BCUT2D eigenvalue weighted by Crippen LogP contribution is -2.28. The van der Waals surface area contributed by atoms with Crippen LogP contribution in [0.1, 0.15) is 24.9 Å². The predicted molar refractivity (Wildman–Crippen MR) is 91.6 cm³/mol. The molecule has 0 fully saturated rings. The third kappa shape index (κ3) is 3.52. The molecule has 7 heteroatoms. The monoisotopic (exact) mass is 342 g/mol. The van der Waals surface area contributed by atoms with Gasteiger partial charge in [-0.15, -0.1) is 0 Å². The summed E-state index contributed by atoms with van der Waals surface area (Å²) in [5.41, 5.74) is 2.71. The van der Waals surface area contributed by atoms with Gasteiger partial charge in [0.1, 0.15) is 0 Å². The molecule has 0 aliphatic carbocycles. The number of hydrogen-bond donors (Lipinski definition) is 2. The molecule has 2 aromatic heterocycles. The first-order chi connectivity index (χ1) is 11.6. The molecule has 1 aromatic carbocycles. The lowest BCUT2D eigenvalue weighted by atomic mass is 10.1. The van der Waals surface area contributed by atoms with E-state index in [2.05, 4.69) is 19.9 Å². The standard InChI is InChI=1S/C17H18N4O2S/c1-2-17(14-7-9-18-10-8-14)21-24(22,23)16-5-3-13(4-6-16)15-11-19-20-12-15/h3-12,17,21H,2H2,1H3,(H,19,20). The SMILES string of the molecule is CCC(NS(=O)(=O)c1ccc(-c2cn[nH]c2)cc1)c1ccncc1. The second-order valence-corrected chi connectivity index (χ2v) is 7.09. The van der Waals surface area contributed by atoms with Crippen molar-refractivity contribution in [2.24, 2.45) is 0 Å². The molecular weight excluding hydrogens is 324 g/mol. The van der Waals surface area contributed by atoms with Gasteiger partial charge in [-0.1, -0.05) is 19.1 Å². The molecule has 2 N–H and O–H groups in total. The fourth-order valence-corrected chi connectivity index (χ4v) is 3.78. The summed E-state index contributed by atoms with van der Waals surface area (Å²) in [7, 11) is -3.60. The number of aromatic amines is 1. The first-order valence-corrected chi connectivity index (χ1v) is 9.10. The Balaban J connectivity index is 1.82. The van der Waals surface area contributed by atoms with Gasteiger partial charge in [0.2, 0.25) is 10.0 Å². The molecule has 0 aliphatic rings. The molecule has 0 spiro atoms. The van der Waals surface area contributed by atoms with Crippen molar-refractivity contribution < 1.29 is 8.42 Å². The largest absolute Gasteiger partial charge is 0.285 e. The minimum absolute atomic E-state index is 0.238. The highest BCUT2D eigenvalue weighted by atomic mass is 32.2. The second kappa shape index (κ2) is 6.94. The van der Waals surface area contributed by atoms with E-state index in [0.29, 0.717) is 6.42 Å². The molecule has 3 rings (SSSR count). The van der Waals surface area contributed by atoms with Crippen LogP contribution >= 0.6 is 0 Å². The molecule has 1 unspecified atom stereocenters. The maximum atomic E-state index is 12.6. The Morgan fingerprint density at radius 1 is 1.08 bits per heavy atom. The number of benzene rings is 1. The van der Waals surface area contributed by atoms with Gasteiger partial charge in [-0.2, -0.15) is 5.10 Å². The number of nitrogens with zero attached hydrogens (tertiary/aromatic N) is 2. The van der Waals surface area contributed by atoms with E-state index >= 15 is 0 Å². The van der Waals surface area contributed by atoms with Crippen LogP contribution in [0.2, 0.25) is 0 Å². The van der Waals surface area contributed by atoms with Crippen molar-refractivity contribution >= 4 is 10.0 Å². The van der Waals surface area contributed by atoms with Crippen LogP contribution in [0.25, 0.3) is 11.1 Å². The van der Waals surface area contributed by atoms with Crippen molar-refractivity contribution in [1.82, 2.24) is 19.9 Å². The van der Waals surface area contributed by atoms with Crippen LogP contribution in [0.15, 0.2) is 66.1 Å². The van der Waals surface area contributed by atoms with E-state index in [-0.39, 0.29) is 10.9 Å². The summed E-state index contributed by atoms with van der Waals surface area (Å²) in [6.45, 7) is 1.94. The van der Waals surface area contributed by atoms with Crippen LogP contribution in [0.5, 0.6) is 0 Å². The molecule has 0 radical (unpaired) electrons. The molecule has 124 valence electrons. The van der Waals surface area contributed by atoms with Crippen molar-refractivity contribution in [2.75, 3.05) is 0 Å². The number of rotatable bonds is 6. The number of hydrogen-bond acceptors (Lipinski definition) is 4. The zero-order valence-electron chi connectivity index (χ0n) is 13.2. The van der Waals surface area contributed by atoms with E-state index in [1.807, 2.05) is 19.1 Å². The van der Waals surface area contributed by atoms with Gasteiger partial charge in [0.25, 0.3) is 0 Å². The zero-order chi connectivity index (χ0) is 17.0. The summed E-state index contributed by atoms with van der Waals surface area (Å²) in [6.07, 6.45) is 7.42. The van der Waals surface area contributed by atoms with E-state index < -0.39 is 10.0 Å². The summed E-state index contributed by atoms with van der Waals surface area (Å²) in [5, 5.41) is 6.63. The Morgan fingerprint density at radius 2 is 1.79 bits per heavy atom. The van der Waals surface area contributed by atoms with Gasteiger partial charge in [0.15, 0.2) is 0 Å². The highest BCUT2D eigenvalue weighted by Crippen LogP contribution is 2.22. The van der Waals surface area contributed by atoms with Gasteiger partial charge in [-0.25, -0.2) is 13.1 Å². The third-order valence-corrected chi connectivity index (χ3v) is 5.30. The predicted octanol–water partition coefficient (Wildman–Crippen LogP) is 2.90. The minimum atomic E-state index is -3.60. The maximum Gasteiger partial charge on any atom is 0.241 e. The number of pyridine rings is 1. The number of nitrogens with one attached hydrogen (secondary N) is 2. The summed E-state index contributed by atoms with van der Waals surface area (Å²) < 4.78 is 28.0. The molecule has 2 heterocycles. The topological polar surface area (TPSA) is 87.7 Å². The molecule has 6 nitrogen and oxygen atoms in total. The number of H-pyrrole nitrogens is 1. The van der Waals surface area contributed by atoms with Crippen molar-refractivity contribution in [3.63, 3.8) is 0 Å². The molecule has 24 heavy (non-hydrogen) atoms. The Kier molecular flexibility index (Phi) is 4.73. The molecule has 0 bridgehead atoms. The fourth-order valence-electron chi connectivity index (χ4n) is 2.47. The van der Waals surface area contributed by atoms with Crippen molar-refractivity contribution in [3.05, 3.63) is 66.7 Å². The lowest BCUT2D eigenvalue weighted by Gasteiger charge is -2.17. The van der Waals surface area contributed by atoms with Crippen LogP contribution in [-0.2, 0) is 10.0 Å². The molecular formula is C17H18N4O2S. The third-order valence-electron chi connectivity index (χ3n) is 3.81. The lowest BCUT2D eigenvalue weighted by molar-refractivity contribution is 0.550. The molecule has 0 saturated carbocycles. The number of aromatic nitrogens is 3. The fraction of sp³-hybridized carbons (Fsp3) is 0.176. The first kappa shape index (κ1) is 16.4. The second-order valence-electron chi connectivity index (χ2n) is 5.37. The normalized spacial score (nSPS) is 12.9. The average molecular weight is 342 g/mol. The van der Waals surface area contributed by atoms with Crippen LogP contribution < -0.4 is 4.72 Å². The summed E-state index contributed by atoms with van der Waals surface area (Å²) in [5.74, 6) is 0. The van der Waals surface area contributed by atoms with Gasteiger partial charge in [-0.05, 0) is 41.8 Å². The van der Waals surface area contributed by atoms with Crippen LogP contribution in [0.4, 0.5) is 0 Å². The quantitative estimate of drug-likeness (QED) is 0.721. The van der Waals surface area contributed by atoms with Gasteiger partial charge >= 0.3 is 0 Å². The smallest absolute Gasteiger partial charge is 0.241 e. The summed E-state index contributed by atoms with van der Waals surface area (Å²) in [4.78, 5) is 4.20. The Labute approximate surface area is 141 Å². The van der Waals surface area contributed by atoms with Crippen molar-refractivity contribution in [3.8, 4) is 11.1 Å². The van der Waals surface area contributed by atoms with Crippen LogP contribution in [-0.4, -0.2) is 23.6 Å². The maximum absolute atomic E-state index is 12.6. The average Bonchev–Trinajstić information content (AvgIpc) is 3.15. The molecule has 3 aromatic rings. The van der Waals surface area contributed by atoms with Crippen molar-refractivity contribution in [1.29, 1.82) is 0 Å². The minimum Gasteiger partial charge on any atom is -0.285 e. The van der Waals surface area contributed by atoms with Gasteiger partial charge < -0.3 is 0 Å². The van der Waals surface area contributed by atoms with Gasteiger partial charge in [-0.3, -0.25) is 10.1 Å². The molecule has 0 amide bonds. The first-order valence-electron chi connectivity index (χ1n) is 7.61. The zero-order valence-corrected chi connectivity index (χ0v) is 14.0. The van der Waals surface area contributed by atoms with Crippen LogP contribution in [0, 0.1) is 0 Å². The number of sulfonamides is 1. The highest BCUT2D eigenvalue weighted by molar-refractivity contribution is 7.89.